The molecule has 8 heteroatoms. The van der Waals surface area contributed by atoms with Crippen LogP contribution in [-0.2, 0) is 11.3 Å². The van der Waals surface area contributed by atoms with Crippen LogP contribution in [0.3, 0.4) is 0 Å². The van der Waals surface area contributed by atoms with Crippen molar-refractivity contribution in [3.05, 3.63) is 17.5 Å². The molecule has 0 aliphatic carbocycles. The second-order valence-corrected chi connectivity index (χ2v) is 8.30. The lowest BCUT2D eigenvalue weighted by Crippen LogP contribution is -2.54. The number of amides is 3. The summed E-state index contributed by atoms with van der Waals surface area (Å²) in [5, 5.41) is 3.93. The van der Waals surface area contributed by atoms with Gasteiger partial charge in [-0.2, -0.15) is 0 Å². The minimum atomic E-state index is -0.0521. The molecule has 0 N–H and O–H groups in total. The van der Waals surface area contributed by atoms with Crippen LogP contribution >= 0.6 is 0 Å². The van der Waals surface area contributed by atoms with E-state index in [1.54, 1.807) is 0 Å². The smallest absolute Gasteiger partial charge is 0.320 e. The molecule has 28 heavy (non-hydrogen) atoms. The molecule has 0 radical (unpaired) electrons. The quantitative estimate of drug-likeness (QED) is 0.784. The van der Waals surface area contributed by atoms with Gasteiger partial charge in [-0.15, -0.1) is 0 Å². The van der Waals surface area contributed by atoms with Crippen LogP contribution in [0.1, 0.15) is 37.1 Å². The lowest BCUT2D eigenvalue weighted by molar-refractivity contribution is -0.138. The summed E-state index contributed by atoms with van der Waals surface area (Å²) in [6.07, 6.45) is 4.00. The molecule has 1 unspecified atom stereocenters. The van der Waals surface area contributed by atoms with Crippen LogP contribution in [0.15, 0.2) is 10.6 Å². The monoisotopic (exact) mass is 389 g/mol. The third-order valence-corrected chi connectivity index (χ3v) is 6.16. The zero-order valence-corrected chi connectivity index (χ0v) is 16.8. The molecule has 4 rings (SSSR count). The number of hydrogen-bond donors (Lipinski definition) is 0. The average Bonchev–Trinajstić information content (AvgIpc) is 3.40. The molecule has 3 amide bonds. The Balaban J connectivity index is 1.26. The Morgan fingerprint density at radius 3 is 2.39 bits per heavy atom. The Kier molecular flexibility index (Phi) is 5.85. The maximum Gasteiger partial charge on any atom is 0.320 e. The van der Waals surface area contributed by atoms with Crippen LogP contribution in [0.25, 0.3) is 0 Å². The highest BCUT2D eigenvalue weighted by Crippen LogP contribution is 2.22. The van der Waals surface area contributed by atoms with Crippen molar-refractivity contribution in [2.24, 2.45) is 5.92 Å². The van der Waals surface area contributed by atoms with Crippen LogP contribution in [0, 0.1) is 12.8 Å². The van der Waals surface area contributed by atoms with Gasteiger partial charge in [-0.25, -0.2) is 4.79 Å². The number of aromatic nitrogens is 1. The number of piperazine rings is 1. The summed E-state index contributed by atoms with van der Waals surface area (Å²) in [5.41, 5.74) is 0.897. The molecule has 3 aliphatic rings. The largest absolute Gasteiger partial charge is 0.360 e. The maximum atomic E-state index is 13.0. The van der Waals surface area contributed by atoms with Gasteiger partial charge >= 0.3 is 6.03 Å². The van der Waals surface area contributed by atoms with Crippen molar-refractivity contribution in [3.8, 4) is 0 Å². The van der Waals surface area contributed by atoms with Gasteiger partial charge in [-0.05, 0) is 32.6 Å². The van der Waals surface area contributed by atoms with Crippen molar-refractivity contribution in [2.45, 2.75) is 39.2 Å². The van der Waals surface area contributed by atoms with Crippen molar-refractivity contribution >= 4 is 11.9 Å². The van der Waals surface area contributed by atoms with Crippen molar-refractivity contribution in [3.63, 3.8) is 0 Å². The van der Waals surface area contributed by atoms with E-state index in [2.05, 4.69) is 10.1 Å². The summed E-state index contributed by atoms with van der Waals surface area (Å²) < 4.78 is 5.30. The number of carbonyl (C=O) groups is 2. The number of hydrogen-bond acceptors (Lipinski definition) is 5. The summed E-state index contributed by atoms with van der Waals surface area (Å²) in [4.78, 5) is 33.8. The lowest BCUT2D eigenvalue weighted by Gasteiger charge is -2.39. The summed E-state index contributed by atoms with van der Waals surface area (Å²) in [7, 11) is 0. The van der Waals surface area contributed by atoms with Crippen LogP contribution in [-0.4, -0.2) is 89.1 Å². The molecule has 0 saturated carbocycles. The summed E-state index contributed by atoms with van der Waals surface area (Å²) >= 11 is 0. The van der Waals surface area contributed by atoms with E-state index in [9.17, 15) is 9.59 Å². The normalized spacial score (nSPS) is 24.0. The first-order chi connectivity index (χ1) is 13.6. The predicted octanol–water partition coefficient (Wildman–Crippen LogP) is 1.56. The number of piperidine rings is 1. The standard InChI is InChI=1S/C20H31N5O3/c1-16-13-18(28-21-16)15-22-9-11-23(12-10-22)19(26)17-5-4-8-25(14-17)20(27)24-6-2-3-7-24/h13,17H,2-12,14-15H2,1H3. The molecular weight excluding hydrogens is 358 g/mol. The van der Waals surface area contributed by atoms with Gasteiger partial charge < -0.3 is 19.2 Å². The minimum Gasteiger partial charge on any atom is -0.360 e. The lowest BCUT2D eigenvalue weighted by atomic mass is 9.96. The van der Waals surface area contributed by atoms with Crippen molar-refractivity contribution in [2.75, 3.05) is 52.4 Å². The molecule has 8 nitrogen and oxygen atoms in total. The SMILES string of the molecule is Cc1cc(CN2CCN(C(=O)C3CCCN(C(=O)N4CCCC4)C3)CC2)on1. The van der Waals surface area contributed by atoms with E-state index in [1.807, 2.05) is 27.7 Å². The van der Waals surface area contributed by atoms with Gasteiger partial charge in [0.15, 0.2) is 5.76 Å². The first kappa shape index (κ1) is 19.2. The van der Waals surface area contributed by atoms with E-state index < -0.39 is 0 Å². The van der Waals surface area contributed by atoms with E-state index in [-0.39, 0.29) is 17.9 Å². The van der Waals surface area contributed by atoms with Crippen LogP contribution in [0.4, 0.5) is 4.79 Å². The molecule has 0 aromatic carbocycles. The van der Waals surface area contributed by atoms with Crippen LogP contribution in [0.2, 0.25) is 0 Å². The molecule has 1 atom stereocenters. The Morgan fingerprint density at radius 1 is 1.00 bits per heavy atom. The summed E-state index contributed by atoms with van der Waals surface area (Å²) in [6, 6.07) is 2.09. The second kappa shape index (κ2) is 8.51. The molecule has 1 aromatic heterocycles. The van der Waals surface area contributed by atoms with Gasteiger partial charge in [0.25, 0.3) is 0 Å². The maximum absolute atomic E-state index is 13.0. The van der Waals surface area contributed by atoms with Crippen molar-refractivity contribution in [1.82, 2.24) is 24.8 Å². The average molecular weight is 390 g/mol. The van der Waals surface area contributed by atoms with Crippen LogP contribution < -0.4 is 0 Å². The zero-order chi connectivity index (χ0) is 19.5. The third kappa shape index (κ3) is 4.32. The van der Waals surface area contributed by atoms with Gasteiger partial charge in [-0.3, -0.25) is 9.69 Å². The highest BCUT2D eigenvalue weighted by atomic mass is 16.5. The number of aryl methyl sites for hydroxylation is 1. The Morgan fingerprint density at radius 2 is 1.71 bits per heavy atom. The van der Waals surface area contributed by atoms with Crippen LogP contribution in [0.5, 0.6) is 0 Å². The summed E-state index contributed by atoms with van der Waals surface area (Å²) in [6.45, 7) is 8.90. The minimum absolute atomic E-state index is 0.0521. The molecule has 3 aliphatic heterocycles. The fourth-order valence-electron chi connectivity index (χ4n) is 4.56. The molecule has 1 aromatic rings. The molecule has 4 heterocycles. The molecule has 3 fully saturated rings. The number of carbonyl (C=O) groups excluding carboxylic acids is 2. The Bertz CT molecular complexity index is 692. The molecular formula is C20H31N5O3. The van der Waals surface area contributed by atoms with E-state index in [1.165, 1.54) is 0 Å². The molecule has 0 spiro atoms. The van der Waals surface area contributed by atoms with E-state index >= 15 is 0 Å². The number of urea groups is 1. The van der Waals surface area contributed by atoms with Gasteiger partial charge in [0.2, 0.25) is 5.91 Å². The van der Waals surface area contributed by atoms with E-state index in [4.69, 9.17) is 4.52 Å². The second-order valence-electron chi connectivity index (χ2n) is 8.30. The van der Waals surface area contributed by atoms with E-state index in [0.717, 1.165) is 89.5 Å². The molecule has 154 valence electrons. The first-order valence-electron chi connectivity index (χ1n) is 10.6. The Labute approximate surface area is 166 Å². The van der Waals surface area contributed by atoms with E-state index in [0.29, 0.717) is 6.54 Å². The summed E-state index contributed by atoms with van der Waals surface area (Å²) in [5.74, 6) is 1.04. The number of nitrogens with zero attached hydrogens (tertiary/aromatic N) is 5. The fraction of sp³-hybridized carbons (Fsp3) is 0.750. The topological polar surface area (TPSA) is 73.1 Å². The van der Waals surface area contributed by atoms with Gasteiger partial charge in [-0.1, -0.05) is 5.16 Å². The predicted molar refractivity (Wildman–Crippen MR) is 104 cm³/mol. The molecule has 0 bridgehead atoms. The number of rotatable bonds is 3. The van der Waals surface area contributed by atoms with Crippen molar-refractivity contribution in [1.29, 1.82) is 0 Å². The van der Waals surface area contributed by atoms with Gasteiger partial charge in [0.05, 0.1) is 18.2 Å². The fourth-order valence-corrected chi connectivity index (χ4v) is 4.56. The highest BCUT2D eigenvalue weighted by Gasteiger charge is 2.34. The van der Waals surface area contributed by atoms with Crippen molar-refractivity contribution < 1.29 is 14.1 Å². The first-order valence-corrected chi connectivity index (χ1v) is 10.6. The van der Waals surface area contributed by atoms with Gasteiger partial charge in [0.1, 0.15) is 0 Å². The zero-order valence-electron chi connectivity index (χ0n) is 16.8. The molecule has 3 saturated heterocycles. The highest BCUT2D eigenvalue weighted by molar-refractivity contribution is 5.81. The number of likely N-dealkylation sites (tertiary alicyclic amines) is 2. The third-order valence-electron chi connectivity index (χ3n) is 6.16. The Hall–Kier alpha value is -2.09. The van der Waals surface area contributed by atoms with Gasteiger partial charge in [0, 0.05) is 58.4 Å².